The monoisotopic (exact) mass is 262 g/mol. The lowest BCUT2D eigenvalue weighted by molar-refractivity contribution is 0.0600. The van der Waals surface area contributed by atoms with E-state index in [1.165, 1.54) is 13.5 Å². The highest BCUT2D eigenvalue weighted by Gasteiger charge is 2.21. The van der Waals surface area contributed by atoms with E-state index in [0.717, 1.165) is 37.2 Å². The molecule has 19 heavy (non-hydrogen) atoms. The van der Waals surface area contributed by atoms with Crippen LogP contribution in [0.15, 0.2) is 18.3 Å². The predicted octanol–water partition coefficient (Wildman–Crippen LogP) is 2.35. The summed E-state index contributed by atoms with van der Waals surface area (Å²) in [6.07, 6.45) is 2.91. The van der Waals surface area contributed by atoms with Gasteiger partial charge in [-0.2, -0.15) is 0 Å². The van der Waals surface area contributed by atoms with Gasteiger partial charge in [0, 0.05) is 25.8 Å². The minimum atomic E-state index is -0.334. The van der Waals surface area contributed by atoms with E-state index in [9.17, 15) is 4.79 Å². The first kappa shape index (κ1) is 14.0. The third-order valence-electron chi connectivity index (χ3n) is 3.58. The quantitative estimate of drug-likeness (QED) is 0.784. The number of pyridine rings is 1. The fourth-order valence-electron chi connectivity index (χ4n) is 2.91. The number of likely N-dealkylation sites (tertiary alicyclic amines) is 1. The third kappa shape index (κ3) is 3.77. The zero-order chi connectivity index (χ0) is 13.8. The smallest absolute Gasteiger partial charge is 0.339 e. The molecule has 0 bridgehead atoms. The molecule has 1 fully saturated rings. The van der Waals surface area contributed by atoms with Crippen LogP contribution in [-0.2, 0) is 11.3 Å². The Morgan fingerprint density at radius 1 is 1.37 bits per heavy atom. The topological polar surface area (TPSA) is 42.4 Å². The van der Waals surface area contributed by atoms with Gasteiger partial charge in [0.2, 0.25) is 0 Å². The van der Waals surface area contributed by atoms with Crippen LogP contribution in [0.25, 0.3) is 0 Å². The van der Waals surface area contributed by atoms with Gasteiger partial charge in [-0.25, -0.2) is 4.79 Å². The number of piperidine rings is 1. The van der Waals surface area contributed by atoms with Crippen molar-refractivity contribution in [3.8, 4) is 0 Å². The van der Waals surface area contributed by atoms with Crippen molar-refractivity contribution in [3.05, 3.63) is 29.6 Å². The molecule has 0 radical (unpaired) electrons. The van der Waals surface area contributed by atoms with E-state index in [1.54, 1.807) is 12.3 Å². The summed E-state index contributed by atoms with van der Waals surface area (Å²) in [7, 11) is 1.38. The van der Waals surface area contributed by atoms with Gasteiger partial charge >= 0.3 is 5.97 Å². The molecule has 1 aromatic heterocycles. The van der Waals surface area contributed by atoms with Crippen LogP contribution in [0.5, 0.6) is 0 Å². The number of hydrogen-bond acceptors (Lipinski definition) is 4. The maximum absolute atomic E-state index is 11.3. The lowest BCUT2D eigenvalue weighted by atomic mass is 9.92. The van der Waals surface area contributed by atoms with Gasteiger partial charge in [-0.05, 0) is 30.4 Å². The Morgan fingerprint density at radius 3 is 2.58 bits per heavy atom. The molecule has 1 aromatic rings. The lowest BCUT2D eigenvalue weighted by Gasteiger charge is -2.34. The second kappa shape index (κ2) is 6.15. The molecule has 104 valence electrons. The molecule has 2 unspecified atom stereocenters. The molecule has 0 amide bonds. The summed E-state index contributed by atoms with van der Waals surface area (Å²) in [5.41, 5.74) is 1.51. The van der Waals surface area contributed by atoms with Gasteiger partial charge in [-0.1, -0.05) is 13.8 Å². The number of hydrogen-bond donors (Lipinski definition) is 0. The van der Waals surface area contributed by atoms with Gasteiger partial charge < -0.3 is 4.74 Å². The van der Waals surface area contributed by atoms with Crippen LogP contribution in [0.3, 0.4) is 0 Å². The van der Waals surface area contributed by atoms with E-state index >= 15 is 0 Å². The fourth-order valence-corrected chi connectivity index (χ4v) is 2.91. The number of esters is 1. The molecule has 4 heteroatoms. The molecular formula is C15H22N2O2. The number of aromatic nitrogens is 1. The number of methoxy groups -OCH3 is 1. The highest BCUT2D eigenvalue weighted by molar-refractivity contribution is 5.88. The summed E-state index contributed by atoms with van der Waals surface area (Å²) in [5, 5.41) is 0. The first-order chi connectivity index (χ1) is 9.08. The second-order valence-corrected chi connectivity index (χ2v) is 5.67. The molecule has 2 atom stereocenters. The van der Waals surface area contributed by atoms with Crippen LogP contribution in [0, 0.1) is 11.8 Å². The average molecular weight is 262 g/mol. The van der Waals surface area contributed by atoms with Gasteiger partial charge in [-0.15, -0.1) is 0 Å². The maximum atomic E-state index is 11.3. The van der Waals surface area contributed by atoms with Crippen molar-refractivity contribution in [1.29, 1.82) is 0 Å². The normalized spacial score (nSPS) is 24.2. The van der Waals surface area contributed by atoms with E-state index in [1.807, 2.05) is 6.07 Å². The van der Waals surface area contributed by atoms with E-state index < -0.39 is 0 Å². The summed E-state index contributed by atoms with van der Waals surface area (Å²) < 4.78 is 4.66. The van der Waals surface area contributed by atoms with Gasteiger partial charge in [0.05, 0.1) is 18.4 Å². The van der Waals surface area contributed by atoms with Crippen molar-refractivity contribution in [1.82, 2.24) is 9.88 Å². The van der Waals surface area contributed by atoms with Gasteiger partial charge in [0.1, 0.15) is 0 Å². The Morgan fingerprint density at radius 2 is 2.05 bits per heavy atom. The van der Waals surface area contributed by atoms with Crippen LogP contribution in [0.4, 0.5) is 0 Å². The van der Waals surface area contributed by atoms with Crippen LogP contribution in [0.2, 0.25) is 0 Å². The van der Waals surface area contributed by atoms with Gasteiger partial charge in [0.25, 0.3) is 0 Å². The number of rotatable bonds is 3. The zero-order valence-corrected chi connectivity index (χ0v) is 11.9. The summed E-state index contributed by atoms with van der Waals surface area (Å²) >= 11 is 0. The van der Waals surface area contributed by atoms with E-state index in [0.29, 0.717) is 5.56 Å². The lowest BCUT2D eigenvalue weighted by Crippen LogP contribution is -2.38. The molecule has 0 saturated carbocycles. The van der Waals surface area contributed by atoms with Crippen molar-refractivity contribution in [3.63, 3.8) is 0 Å². The van der Waals surface area contributed by atoms with Crippen LogP contribution < -0.4 is 0 Å². The van der Waals surface area contributed by atoms with Crippen molar-refractivity contribution in [2.75, 3.05) is 20.2 Å². The highest BCUT2D eigenvalue weighted by atomic mass is 16.5. The SMILES string of the molecule is COC(=O)c1ccc(CN2CC(C)CC(C)C2)nc1. The molecule has 1 aliphatic heterocycles. The molecule has 2 rings (SSSR count). The minimum absolute atomic E-state index is 0.334. The molecule has 1 aliphatic rings. The Balaban J connectivity index is 1.97. The summed E-state index contributed by atoms with van der Waals surface area (Å²) in [6, 6.07) is 3.70. The van der Waals surface area contributed by atoms with E-state index in [-0.39, 0.29) is 5.97 Å². The van der Waals surface area contributed by atoms with Gasteiger partial charge in [0.15, 0.2) is 0 Å². The predicted molar refractivity (Wildman–Crippen MR) is 73.8 cm³/mol. The van der Waals surface area contributed by atoms with Crippen molar-refractivity contribution >= 4 is 5.97 Å². The van der Waals surface area contributed by atoms with E-state index in [2.05, 4.69) is 28.5 Å². The molecule has 0 aliphatic carbocycles. The standard InChI is InChI=1S/C15H22N2O2/c1-11-6-12(2)9-17(8-11)10-14-5-4-13(7-16-14)15(18)19-3/h4-5,7,11-12H,6,8-10H2,1-3H3. The Labute approximate surface area is 114 Å². The van der Waals surface area contributed by atoms with Crippen LogP contribution in [0.1, 0.15) is 36.3 Å². The van der Waals surface area contributed by atoms with Crippen molar-refractivity contribution in [2.24, 2.45) is 11.8 Å². The first-order valence-corrected chi connectivity index (χ1v) is 6.84. The fraction of sp³-hybridized carbons (Fsp3) is 0.600. The second-order valence-electron chi connectivity index (χ2n) is 5.67. The Kier molecular flexibility index (Phi) is 4.53. The molecule has 0 spiro atoms. The minimum Gasteiger partial charge on any atom is -0.465 e. The molecule has 4 nitrogen and oxygen atoms in total. The average Bonchev–Trinajstić information content (AvgIpc) is 2.37. The zero-order valence-electron chi connectivity index (χ0n) is 11.9. The molecular weight excluding hydrogens is 240 g/mol. The molecule has 0 aromatic carbocycles. The molecule has 0 N–H and O–H groups in total. The Bertz CT molecular complexity index is 420. The van der Waals surface area contributed by atoms with E-state index in [4.69, 9.17) is 0 Å². The number of nitrogens with zero attached hydrogens (tertiary/aromatic N) is 2. The maximum Gasteiger partial charge on any atom is 0.339 e. The number of carbonyl (C=O) groups is 1. The van der Waals surface area contributed by atoms with Crippen molar-refractivity contribution in [2.45, 2.75) is 26.8 Å². The molecule has 2 heterocycles. The highest BCUT2D eigenvalue weighted by Crippen LogP contribution is 2.22. The summed E-state index contributed by atoms with van der Waals surface area (Å²) in [4.78, 5) is 18.1. The summed E-state index contributed by atoms with van der Waals surface area (Å²) in [5.74, 6) is 1.16. The number of ether oxygens (including phenoxy) is 1. The molecule has 1 saturated heterocycles. The summed E-state index contributed by atoms with van der Waals surface area (Å²) in [6.45, 7) is 7.72. The first-order valence-electron chi connectivity index (χ1n) is 6.84. The third-order valence-corrected chi connectivity index (χ3v) is 3.58. The largest absolute Gasteiger partial charge is 0.465 e. The Hall–Kier alpha value is -1.42. The van der Waals surface area contributed by atoms with Crippen LogP contribution >= 0.6 is 0 Å². The van der Waals surface area contributed by atoms with Crippen molar-refractivity contribution < 1.29 is 9.53 Å². The van der Waals surface area contributed by atoms with Gasteiger partial charge in [-0.3, -0.25) is 9.88 Å². The number of carbonyl (C=O) groups excluding carboxylic acids is 1. The van der Waals surface area contributed by atoms with Crippen LogP contribution in [-0.4, -0.2) is 36.1 Å².